The van der Waals surface area contributed by atoms with Gasteiger partial charge in [0.25, 0.3) is 0 Å². The van der Waals surface area contributed by atoms with Crippen LogP contribution in [0.25, 0.3) is 5.65 Å². The highest BCUT2D eigenvalue weighted by molar-refractivity contribution is 5.79. The summed E-state index contributed by atoms with van der Waals surface area (Å²) in [6, 6.07) is 11.0. The summed E-state index contributed by atoms with van der Waals surface area (Å²) in [4.78, 5) is 8.67. The second-order valence-corrected chi connectivity index (χ2v) is 6.10. The summed E-state index contributed by atoms with van der Waals surface area (Å²) in [6.07, 6.45) is -2.36. The first-order valence-electron chi connectivity index (χ1n) is 8.41. The van der Waals surface area contributed by atoms with Crippen LogP contribution < -0.4 is 10.6 Å². The van der Waals surface area contributed by atoms with Gasteiger partial charge in [0.2, 0.25) is 0 Å². The van der Waals surface area contributed by atoms with Crippen molar-refractivity contribution in [3.8, 4) is 0 Å². The fourth-order valence-corrected chi connectivity index (χ4v) is 2.68. The molecule has 0 spiro atoms. The zero-order chi connectivity index (χ0) is 19.4. The van der Waals surface area contributed by atoms with E-state index in [1.54, 1.807) is 7.05 Å². The van der Waals surface area contributed by atoms with E-state index >= 15 is 0 Å². The van der Waals surface area contributed by atoms with Crippen molar-refractivity contribution < 1.29 is 13.2 Å². The Morgan fingerprint density at radius 3 is 2.41 bits per heavy atom. The van der Waals surface area contributed by atoms with Gasteiger partial charge >= 0.3 is 6.18 Å². The van der Waals surface area contributed by atoms with Gasteiger partial charge in [-0.05, 0) is 36.8 Å². The van der Waals surface area contributed by atoms with E-state index in [9.17, 15) is 13.2 Å². The second-order valence-electron chi connectivity index (χ2n) is 6.10. The average molecular weight is 375 g/mol. The van der Waals surface area contributed by atoms with Crippen LogP contribution in [0.15, 0.2) is 53.7 Å². The minimum absolute atomic E-state index is 0.363. The van der Waals surface area contributed by atoms with Crippen LogP contribution in [0.4, 0.5) is 13.2 Å². The molecule has 2 heterocycles. The Bertz CT molecular complexity index is 942. The van der Waals surface area contributed by atoms with Crippen molar-refractivity contribution in [3.63, 3.8) is 0 Å². The van der Waals surface area contributed by atoms with Gasteiger partial charge in [-0.3, -0.25) is 4.99 Å². The molecule has 0 atom stereocenters. The van der Waals surface area contributed by atoms with E-state index in [2.05, 4.69) is 20.6 Å². The Morgan fingerprint density at radius 1 is 1.07 bits per heavy atom. The van der Waals surface area contributed by atoms with Crippen LogP contribution in [-0.4, -0.2) is 22.4 Å². The average Bonchev–Trinajstić information content (AvgIpc) is 3.06. The molecule has 5 nitrogen and oxygen atoms in total. The number of guanidine groups is 1. The largest absolute Gasteiger partial charge is 0.416 e. The van der Waals surface area contributed by atoms with E-state index in [1.807, 2.05) is 35.7 Å². The van der Waals surface area contributed by atoms with Gasteiger partial charge in [0.1, 0.15) is 5.65 Å². The van der Waals surface area contributed by atoms with Crippen molar-refractivity contribution in [3.05, 3.63) is 71.2 Å². The van der Waals surface area contributed by atoms with Gasteiger partial charge in [0.15, 0.2) is 5.96 Å². The van der Waals surface area contributed by atoms with Gasteiger partial charge in [-0.1, -0.05) is 18.2 Å². The summed E-state index contributed by atoms with van der Waals surface area (Å²) in [5.74, 6) is 0.545. The topological polar surface area (TPSA) is 53.7 Å². The van der Waals surface area contributed by atoms with Crippen molar-refractivity contribution in [2.24, 2.45) is 4.99 Å². The lowest BCUT2D eigenvalue weighted by atomic mass is 10.1. The molecule has 8 heteroatoms. The molecule has 27 heavy (non-hydrogen) atoms. The molecule has 1 aromatic carbocycles. The number of nitrogens with one attached hydrogen (secondary N) is 2. The third kappa shape index (κ3) is 4.58. The number of alkyl halides is 3. The van der Waals surface area contributed by atoms with Crippen molar-refractivity contribution in [2.75, 3.05) is 7.05 Å². The zero-order valence-electron chi connectivity index (χ0n) is 15.0. The molecule has 0 fully saturated rings. The fraction of sp³-hybridized carbons (Fsp3) is 0.263. The Hall–Kier alpha value is -3.03. The highest BCUT2D eigenvalue weighted by Gasteiger charge is 2.29. The molecule has 3 rings (SSSR count). The second kappa shape index (κ2) is 7.69. The van der Waals surface area contributed by atoms with Crippen LogP contribution in [-0.2, 0) is 19.3 Å². The molecular formula is C19H20F3N5. The predicted molar refractivity (Wildman–Crippen MR) is 98.4 cm³/mol. The van der Waals surface area contributed by atoms with Crippen LogP contribution in [0, 0.1) is 6.92 Å². The van der Waals surface area contributed by atoms with Gasteiger partial charge in [-0.15, -0.1) is 0 Å². The molecule has 0 saturated carbocycles. The maximum atomic E-state index is 12.6. The molecule has 0 aliphatic carbocycles. The van der Waals surface area contributed by atoms with Crippen LogP contribution in [0.3, 0.4) is 0 Å². The first-order chi connectivity index (χ1) is 12.9. The van der Waals surface area contributed by atoms with Gasteiger partial charge in [-0.25, -0.2) is 4.98 Å². The van der Waals surface area contributed by atoms with Crippen molar-refractivity contribution >= 4 is 11.6 Å². The zero-order valence-corrected chi connectivity index (χ0v) is 15.0. The van der Waals surface area contributed by atoms with Crippen LogP contribution in [0.1, 0.15) is 22.5 Å². The standard InChI is InChI=1S/C19H20F3N5/c1-13-4-3-5-17-26-16(12-27(13)17)11-25-18(23-2)24-10-14-6-8-15(9-7-14)19(20,21)22/h3-9,12H,10-11H2,1-2H3,(H2,23,24,25). The fourth-order valence-electron chi connectivity index (χ4n) is 2.68. The van der Waals surface area contributed by atoms with Gasteiger partial charge in [-0.2, -0.15) is 13.2 Å². The molecular weight excluding hydrogens is 355 g/mol. The molecule has 0 radical (unpaired) electrons. The number of aromatic nitrogens is 2. The summed E-state index contributed by atoms with van der Waals surface area (Å²) in [5.41, 5.74) is 2.91. The number of rotatable bonds is 4. The summed E-state index contributed by atoms with van der Waals surface area (Å²) in [7, 11) is 1.63. The van der Waals surface area contributed by atoms with E-state index in [-0.39, 0.29) is 0 Å². The molecule has 0 unspecified atom stereocenters. The van der Waals surface area contributed by atoms with Crippen molar-refractivity contribution in [1.29, 1.82) is 0 Å². The first kappa shape index (κ1) is 18.8. The van der Waals surface area contributed by atoms with Crippen LogP contribution >= 0.6 is 0 Å². The minimum Gasteiger partial charge on any atom is -0.352 e. The first-order valence-corrected chi connectivity index (χ1v) is 8.41. The van der Waals surface area contributed by atoms with E-state index in [4.69, 9.17) is 0 Å². The molecule has 3 aromatic rings. The van der Waals surface area contributed by atoms with E-state index in [0.717, 1.165) is 34.7 Å². The number of halogens is 3. The third-order valence-corrected chi connectivity index (χ3v) is 4.15. The molecule has 0 aliphatic rings. The summed E-state index contributed by atoms with van der Waals surface area (Å²) in [6.45, 7) is 2.85. The number of imidazole rings is 1. The monoisotopic (exact) mass is 375 g/mol. The molecule has 0 aliphatic heterocycles. The summed E-state index contributed by atoms with van der Waals surface area (Å²) in [5, 5.41) is 6.24. The minimum atomic E-state index is -4.32. The molecule has 142 valence electrons. The number of benzene rings is 1. The molecule has 2 N–H and O–H groups in total. The maximum absolute atomic E-state index is 12.6. The lowest BCUT2D eigenvalue weighted by Crippen LogP contribution is -2.36. The Labute approximate surface area is 155 Å². The number of aliphatic imine (C=N–C) groups is 1. The van der Waals surface area contributed by atoms with E-state index < -0.39 is 11.7 Å². The van der Waals surface area contributed by atoms with Crippen LogP contribution in [0.2, 0.25) is 0 Å². The number of nitrogens with zero attached hydrogens (tertiary/aromatic N) is 3. The predicted octanol–water partition coefficient (Wildman–Crippen LogP) is 3.53. The normalized spacial score (nSPS) is 12.4. The SMILES string of the molecule is CN=C(NCc1ccc(C(F)(F)F)cc1)NCc1cn2c(C)cccc2n1. The van der Waals surface area contributed by atoms with Crippen LogP contribution in [0.5, 0.6) is 0 Å². The number of pyridine rings is 1. The summed E-state index contributed by atoms with van der Waals surface area (Å²) >= 11 is 0. The smallest absolute Gasteiger partial charge is 0.352 e. The number of hydrogen-bond donors (Lipinski definition) is 2. The Kier molecular flexibility index (Phi) is 5.34. The van der Waals surface area contributed by atoms with Crippen molar-refractivity contribution in [2.45, 2.75) is 26.2 Å². The third-order valence-electron chi connectivity index (χ3n) is 4.15. The summed E-state index contributed by atoms with van der Waals surface area (Å²) < 4.78 is 39.8. The molecule has 2 aromatic heterocycles. The van der Waals surface area contributed by atoms with Crippen molar-refractivity contribution in [1.82, 2.24) is 20.0 Å². The molecule has 0 amide bonds. The van der Waals surface area contributed by atoms with Gasteiger partial charge in [0.05, 0.1) is 17.8 Å². The highest BCUT2D eigenvalue weighted by Crippen LogP contribution is 2.29. The van der Waals surface area contributed by atoms with E-state index in [0.29, 0.717) is 19.0 Å². The Balaban J connectivity index is 1.57. The van der Waals surface area contributed by atoms with E-state index in [1.165, 1.54) is 12.1 Å². The highest BCUT2D eigenvalue weighted by atomic mass is 19.4. The molecule has 0 saturated heterocycles. The van der Waals surface area contributed by atoms with Gasteiger partial charge in [0, 0.05) is 25.5 Å². The quantitative estimate of drug-likeness (QED) is 0.542. The number of hydrogen-bond acceptors (Lipinski definition) is 2. The lowest BCUT2D eigenvalue weighted by Gasteiger charge is -2.12. The van der Waals surface area contributed by atoms with Gasteiger partial charge < -0.3 is 15.0 Å². The molecule has 0 bridgehead atoms. The maximum Gasteiger partial charge on any atom is 0.416 e. The lowest BCUT2D eigenvalue weighted by molar-refractivity contribution is -0.137. The number of aryl methyl sites for hydroxylation is 1. The Morgan fingerprint density at radius 2 is 1.78 bits per heavy atom. The number of fused-ring (bicyclic) bond motifs is 1.